The summed E-state index contributed by atoms with van der Waals surface area (Å²) in [4.78, 5) is 122. The van der Waals surface area contributed by atoms with Crippen LogP contribution < -0.4 is 29.6 Å². The molecule has 13 rings (SSSR count). The number of carbonyl (C=O) groups is 8. The number of imide groups is 2. The Morgan fingerprint density at radius 1 is 0.363 bits per heavy atom. The lowest BCUT2D eigenvalue weighted by Crippen LogP contribution is -2.49. The Labute approximate surface area is 588 Å². The van der Waals surface area contributed by atoms with Crippen LogP contribution in [0, 0.1) is 27.7 Å². The first-order valence-electron chi connectivity index (χ1n) is 33.6. The highest BCUT2D eigenvalue weighted by molar-refractivity contribution is 6.45. The van der Waals surface area contributed by atoms with Crippen molar-refractivity contribution in [1.82, 2.24) is 20.4 Å². The molecule has 11 aromatic rings. The lowest BCUT2D eigenvalue weighted by molar-refractivity contribution is -0.139. The second-order valence-electron chi connectivity index (χ2n) is 25.8. The molecule has 102 heavy (non-hydrogen) atoms. The summed E-state index contributed by atoms with van der Waals surface area (Å²) in [6, 6.07) is 49.2. The number of nitrogens with one attached hydrogen (secondary N) is 2. The maximum Gasteiger partial charge on any atom is 0.333 e. The van der Waals surface area contributed by atoms with E-state index in [1.54, 1.807) is 147 Å². The maximum absolute atomic E-state index is 16.4. The van der Waals surface area contributed by atoms with Crippen LogP contribution in [0.3, 0.4) is 0 Å². The van der Waals surface area contributed by atoms with E-state index in [0.717, 1.165) is 32.1 Å². The number of amides is 6. The fourth-order valence-electron chi connectivity index (χ4n) is 13.0. The highest BCUT2D eigenvalue weighted by Crippen LogP contribution is 2.58. The molecule has 0 saturated heterocycles. The predicted octanol–water partition coefficient (Wildman–Crippen LogP) is 16.8. The van der Waals surface area contributed by atoms with E-state index in [9.17, 15) is 9.59 Å². The molecule has 2 aliphatic heterocycles. The number of hydrogen-bond donors (Lipinski definition) is 2. The lowest BCUT2D eigenvalue weighted by atomic mass is 9.80. The van der Waals surface area contributed by atoms with Gasteiger partial charge in [-0.15, -0.1) is 0 Å². The van der Waals surface area contributed by atoms with Gasteiger partial charge in [0.2, 0.25) is 11.8 Å². The average molecular weight is 1360 g/mol. The Morgan fingerprint density at radius 3 is 0.882 bits per heavy atom. The molecule has 0 saturated carbocycles. The summed E-state index contributed by atoms with van der Waals surface area (Å²) in [5.41, 5.74) is 4.69. The van der Waals surface area contributed by atoms with Crippen molar-refractivity contribution in [3.05, 3.63) is 262 Å². The molecule has 0 bridgehead atoms. The van der Waals surface area contributed by atoms with Crippen molar-refractivity contribution in [1.29, 1.82) is 0 Å². The van der Waals surface area contributed by atoms with Gasteiger partial charge in [0, 0.05) is 67.3 Å². The van der Waals surface area contributed by atoms with E-state index in [1.807, 2.05) is 76.2 Å². The number of esters is 2. The molecule has 18 heteroatoms. The first kappa shape index (κ1) is 68.1. The normalized spacial score (nSPS) is 13.1. The minimum absolute atomic E-state index is 0.0323. The Bertz CT molecular complexity index is 4660. The van der Waals surface area contributed by atoms with E-state index in [0.29, 0.717) is 59.8 Å². The molecule has 6 amide bonds. The number of aryl methyl sites for hydroxylation is 4. The summed E-state index contributed by atoms with van der Waals surface area (Å²) in [7, 11) is 0. The second kappa shape index (κ2) is 28.8. The van der Waals surface area contributed by atoms with Crippen LogP contribution in [0.25, 0.3) is 43.1 Å². The van der Waals surface area contributed by atoms with Crippen molar-refractivity contribution >= 4 is 90.5 Å². The van der Waals surface area contributed by atoms with Gasteiger partial charge in [0.15, 0.2) is 0 Å². The highest BCUT2D eigenvalue weighted by atomic mass is 16.5. The van der Waals surface area contributed by atoms with Crippen LogP contribution in [0.2, 0.25) is 0 Å². The number of rotatable bonds is 26. The first-order chi connectivity index (χ1) is 49.2. The summed E-state index contributed by atoms with van der Waals surface area (Å²) in [6.45, 7) is 18.4. The molecule has 2 heterocycles. The number of hydrogen-bond acceptors (Lipinski definition) is 14. The van der Waals surface area contributed by atoms with Crippen LogP contribution in [0.1, 0.15) is 126 Å². The number of benzene rings is 11. The van der Waals surface area contributed by atoms with Gasteiger partial charge >= 0.3 is 11.9 Å². The molecule has 0 radical (unpaired) electrons. The summed E-state index contributed by atoms with van der Waals surface area (Å²) < 4.78 is 39.3. The topological polar surface area (TPSA) is 222 Å². The molecule has 0 spiro atoms. The monoisotopic (exact) mass is 1360 g/mol. The van der Waals surface area contributed by atoms with Crippen molar-refractivity contribution in [2.45, 2.75) is 79.3 Å². The largest absolute Gasteiger partial charge is 0.462 e. The number of nitrogens with zero attached hydrogens (tertiary/aromatic N) is 2. The molecular weight excluding hydrogens is 1290 g/mol. The van der Waals surface area contributed by atoms with Crippen LogP contribution in [-0.4, -0.2) is 83.5 Å². The van der Waals surface area contributed by atoms with Crippen LogP contribution in [0.4, 0.5) is 0 Å². The second-order valence-corrected chi connectivity index (χ2v) is 25.8. The van der Waals surface area contributed by atoms with Gasteiger partial charge in [-0.2, -0.15) is 0 Å². The van der Waals surface area contributed by atoms with Gasteiger partial charge in [-0.1, -0.05) is 145 Å². The molecule has 2 N–H and O–H groups in total. The SMILES string of the molecule is C=C(C)C(=O)OCCCCNC(=O)C(c1ccccc1)N1C(=O)c2cc(Oc3ccc(C)cc3)c3c4c(Oc5ccc(C)cc5)cc5c6c(cc(Oc7ccc(C)cc7)c(c7c(Oc8ccc(C)cc8)cc(c2c37)C1=O)c64)C(=O)N(C(C(=O)NCCCCOC(=O)C(=C)C)c1ccccc1)C5=O. The summed E-state index contributed by atoms with van der Waals surface area (Å²) in [5, 5.41) is 7.78. The van der Waals surface area contributed by atoms with E-state index in [1.165, 1.54) is 0 Å². The molecule has 2 unspecified atom stereocenters. The Hall–Kier alpha value is -12.4. The molecule has 18 nitrogen and oxygen atoms in total. The quantitative estimate of drug-likeness (QED) is 0.0129. The van der Waals surface area contributed by atoms with Crippen molar-refractivity contribution in [3.63, 3.8) is 0 Å². The standard InChI is InChI=1S/C84H72N4O14/c1-47(2)83(95)97-41-17-15-39-85-77(89)75(53-19-11-9-12-20-53)87-79(91)59-43-63(99-55-31-23-49(5)24-32-55)69-71-65(101-57-35-27-51(7)28-36-57)45-61-68-62(82(94)88(81(61)93)76(54-21-13-10-14-22-54)78(90)86-40-16-18-42-98-84(96)48(3)4)46-66(102-58-37-29-52(8)30-38-58)72(74(68)71)70-64(100-56-33-25-50(6)26-34-56)44-60(80(87)92)67(59)73(69)70/h9-14,19-38,43-46,75-76H,1,3,15-18,39-42H2,2,4-8H3,(H,85,89)(H,86,90). The molecular formula is C84H72N4O14. The van der Waals surface area contributed by atoms with Crippen molar-refractivity contribution < 1.29 is 66.8 Å². The van der Waals surface area contributed by atoms with Crippen LogP contribution in [0.5, 0.6) is 46.0 Å². The molecule has 2 atom stereocenters. The Balaban J connectivity index is 1.10. The zero-order valence-corrected chi connectivity index (χ0v) is 57.2. The van der Waals surface area contributed by atoms with Gasteiger partial charge < -0.3 is 39.1 Å². The van der Waals surface area contributed by atoms with Gasteiger partial charge in [0.1, 0.15) is 58.1 Å². The number of carbonyl (C=O) groups excluding carboxylic acids is 8. The van der Waals surface area contributed by atoms with E-state index in [-0.39, 0.29) is 126 Å². The van der Waals surface area contributed by atoms with Crippen molar-refractivity contribution in [2.24, 2.45) is 0 Å². The van der Waals surface area contributed by atoms with E-state index < -0.39 is 59.5 Å². The van der Waals surface area contributed by atoms with Crippen LogP contribution in [0.15, 0.2) is 206 Å². The highest BCUT2D eigenvalue weighted by Gasteiger charge is 2.47. The zero-order valence-electron chi connectivity index (χ0n) is 57.2. The lowest BCUT2D eigenvalue weighted by Gasteiger charge is -2.36. The number of unbranched alkanes of at least 4 members (excludes halogenated alkanes) is 2. The molecule has 0 aliphatic carbocycles. The van der Waals surface area contributed by atoms with Gasteiger partial charge in [-0.3, -0.25) is 38.6 Å². The molecule has 2 aliphatic rings. The van der Waals surface area contributed by atoms with E-state index in [4.69, 9.17) is 28.4 Å². The van der Waals surface area contributed by atoms with E-state index in [2.05, 4.69) is 23.8 Å². The third-order valence-corrected chi connectivity index (χ3v) is 18.1. The smallest absolute Gasteiger partial charge is 0.333 e. The molecule has 0 aromatic heterocycles. The fourth-order valence-corrected chi connectivity index (χ4v) is 13.0. The fraction of sp³-hybridized carbons (Fsp3) is 0.190. The third kappa shape index (κ3) is 13.4. The minimum atomic E-state index is -1.54. The number of fused-ring (bicyclic) bond motifs is 2. The zero-order chi connectivity index (χ0) is 71.6. The van der Waals surface area contributed by atoms with Gasteiger partial charge in [-0.05, 0) is 151 Å². The molecule has 0 fully saturated rings. The van der Waals surface area contributed by atoms with Crippen molar-refractivity contribution in [3.8, 4) is 46.0 Å². The number of ether oxygens (including phenoxy) is 6. The van der Waals surface area contributed by atoms with Crippen LogP contribution in [-0.2, 0) is 28.7 Å². The van der Waals surface area contributed by atoms with Crippen LogP contribution >= 0.6 is 0 Å². The predicted molar refractivity (Wildman–Crippen MR) is 388 cm³/mol. The average Bonchev–Trinajstić information content (AvgIpc) is 0.673. The molecule has 512 valence electrons. The van der Waals surface area contributed by atoms with Gasteiger partial charge in [-0.25, -0.2) is 9.59 Å². The summed E-state index contributed by atoms with van der Waals surface area (Å²) >= 11 is 0. The Morgan fingerprint density at radius 2 is 0.627 bits per heavy atom. The third-order valence-electron chi connectivity index (χ3n) is 18.1. The van der Waals surface area contributed by atoms with Crippen molar-refractivity contribution in [2.75, 3.05) is 26.3 Å². The Kier molecular flexibility index (Phi) is 19.2. The van der Waals surface area contributed by atoms with Gasteiger partial charge in [0.05, 0.1) is 35.5 Å². The summed E-state index contributed by atoms with van der Waals surface area (Å²) in [6.07, 6.45) is 1.53. The van der Waals surface area contributed by atoms with Gasteiger partial charge in [0.25, 0.3) is 23.6 Å². The van der Waals surface area contributed by atoms with E-state index >= 15 is 28.8 Å². The maximum atomic E-state index is 16.4. The summed E-state index contributed by atoms with van der Waals surface area (Å²) in [5.74, 6) is -4.22. The molecule has 11 aromatic carbocycles. The first-order valence-corrected chi connectivity index (χ1v) is 33.6. The minimum Gasteiger partial charge on any atom is -0.462 e.